The summed E-state index contributed by atoms with van der Waals surface area (Å²) in [6.07, 6.45) is -5.13. The number of benzene rings is 1. The number of hydrogen-bond acceptors (Lipinski definition) is 1. The minimum Gasteiger partial charge on any atom is -0.357 e. The lowest BCUT2D eigenvalue weighted by atomic mass is 10.2. The summed E-state index contributed by atoms with van der Waals surface area (Å²) in [5.74, 6) is -0.0891. The van der Waals surface area contributed by atoms with Crippen molar-refractivity contribution in [1.29, 1.82) is 0 Å². The number of nitrogens with one attached hydrogen (secondary N) is 2. The molecule has 0 aromatic heterocycles. The van der Waals surface area contributed by atoms with Crippen LogP contribution in [0.15, 0.2) is 29.3 Å². The van der Waals surface area contributed by atoms with E-state index in [-0.39, 0.29) is 24.9 Å². The Balaban J connectivity index is 2.54. The van der Waals surface area contributed by atoms with Gasteiger partial charge >= 0.3 is 6.18 Å². The summed E-state index contributed by atoms with van der Waals surface area (Å²) in [7, 11) is 0. The predicted molar refractivity (Wildman–Crippen MR) is 69.9 cm³/mol. The number of rotatable bonds is 5. The quantitative estimate of drug-likeness (QED) is 0.497. The van der Waals surface area contributed by atoms with Gasteiger partial charge in [-0.3, -0.25) is 0 Å². The topological polar surface area (TPSA) is 36.4 Å². The molecule has 0 amide bonds. The van der Waals surface area contributed by atoms with Crippen LogP contribution in [0.1, 0.15) is 18.9 Å². The summed E-state index contributed by atoms with van der Waals surface area (Å²) in [6, 6.07) is 5.92. The molecule has 20 heavy (non-hydrogen) atoms. The molecular weight excluding hydrogens is 274 g/mol. The van der Waals surface area contributed by atoms with Crippen molar-refractivity contribution in [1.82, 2.24) is 10.6 Å². The van der Waals surface area contributed by atoms with Gasteiger partial charge < -0.3 is 10.6 Å². The molecule has 7 heteroatoms. The van der Waals surface area contributed by atoms with Crippen LogP contribution < -0.4 is 10.6 Å². The first-order valence-corrected chi connectivity index (χ1v) is 6.24. The van der Waals surface area contributed by atoms with E-state index in [9.17, 15) is 17.6 Å². The zero-order chi connectivity index (χ0) is 15.0. The van der Waals surface area contributed by atoms with Gasteiger partial charge in [-0.2, -0.15) is 13.2 Å². The summed E-state index contributed by atoms with van der Waals surface area (Å²) in [5, 5.41) is 5.42. The molecule has 1 aromatic rings. The number of halogens is 4. The van der Waals surface area contributed by atoms with Crippen molar-refractivity contribution in [3.63, 3.8) is 0 Å². The molecule has 0 aliphatic heterocycles. The van der Waals surface area contributed by atoms with E-state index in [1.807, 2.05) is 6.92 Å². The molecule has 0 aliphatic carbocycles. The third-order valence-electron chi connectivity index (χ3n) is 2.35. The van der Waals surface area contributed by atoms with E-state index in [2.05, 4.69) is 15.6 Å². The van der Waals surface area contributed by atoms with Gasteiger partial charge in [-0.25, -0.2) is 9.38 Å². The molecule has 0 saturated carbocycles. The van der Waals surface area contributed by atoms with Crippen molar-refractivity contribution in [2.45, 2.75) is 26.1 Å². The van der Waals surface area contributed by atoms with Gasteiger partial charge in [-0.05, 0) is 24.6 Å². The molecule has 0 bridgehead atoms. The Morgan fingerprint density at radius 1 is 1.25 bits per heavy atom. The largest absolute Gasteiger partial charge is 0.390 e. The average molecular weight is 291 g/mol. The highest BCUT2D eigenvalue weighted by molar-refractivity contribution is 5.79. The van der Waals surface area contributed by atoms with Gasteiger partial charge in [0.15, 0.2) is 5.96 Å². The maximum absolute atomic E-state index is 13.0. The Morgan fingerprint density at radius 3 is 2.60 bits per heavy atom. The molecule has 0 radical (unpaired) electrons. The van der Waals surface area contributed by atoms with Crippen LogP contribution in [-0.2, 0) is 6.54 Å². The highest BCUT2D eigenvalue weighted by Crippen LogP contribution is 2.18. The second kappa shape index (κ2) is 7.72. The first-order valence-electron chi connectivity index (χ1n) is 6.24. The molecule has 1 aromatic carbocycles. The molecule has 0 spiro atoms. The number of hydrogen-bond donors (Lipinski definition) is 2. The van der Waals surface area contributed by atoms with Crippen LogP contribution in [0.4, 0.5) is 17.6 Å². The molecule has 0 heterocycles. The third-order valence-corrected chi connectivity index (χ3v) is 2.35. The van der Waals surface area contributed by atoms with E-state index in [4.69, 9.17) is 0 Å². The van der Waals surface area contributed by atoms with Crippen molar-refractivity contribution < 1.29 is 17.6 Å². The smallest absolute Gasteiger partial charge is 0.357 e. The molecule has 3 nitrogen and oxygen atoms in total. The maximum atomic E-state index is 13.0. The van der Waals surface area contributed by atoms with Crippen LogP contribution in [0.2, 0.25) is 0 Å². The van der Waals surface area contributed by atoms with Crippen LogP contribution in [-0.4, -0.2) is 25.2 Å². The van der Waals surface area contributed by atoms with E-state index in [1.54, 1.807) is 12.1 Å². The molecule has 2 N–H and O–H groups in total. The van der Waals surface area contributed by atoms with Crippen LogP contribution in [0, 0.1) is 5.82 Å². The lowest BCUT2D eigenvalue weighted by Crippen LogP contribution is -2.38. The normalized spacial score (nSPS) is 12.3. The summed E-state index contributed by atoms with van der Waals surface area (Å²) in [5.41, 5.74) is 0.651. The highest BCUT2D eigenvalue weighted by Gasteiger charge is 2.26. The SMILES string of the molecule is CCNC(=NCc1cccc(F)c1)NCCC(F)(F)F. The first kappa shape index (κ1) is 16.3. The van der Waals surface area contributed by atoms with Gasteiger partial charge in [0.2, 0.25) is 0 Å². The lowest BCUT2D eigenvalue weighted by molar-refractivity contribution is -0.132. The second-order valence-electron chi connectivity index (χ2n) is 4.12. The van der Waals surface area contributed by atoms with Gasteiger partial charge in [0, 0.05) is 13.1 Å². The molecule has 0 atom stereocenters. The van der Waals surface area contributed by atoms with Gasteiger partial charge in [-0.1, -0.05) is 12.1 Å². The van der Waals surface area contributed by atoms with Gasteiger partial charge in [0.25, 0.3) is 0 Å². The second-order valence-corrected chi connectivity index (χ2v) is 4.12. The zero-order valence-corrected chi connectivity index (χ0v) is 11.1. The van der Waals surface area contributed by atoms with E-state index >= 15 is 0 Å². The Kier molecular flexibility index (Phi) is 6.27. The van der Waals surface area contributed by atoms with Gasteiger partial charge in [0.1, 0.15) is 5.82 Å². The number of nitrogens with zero attached hydrogens (tertiary/aromatic N) is 1. The Labute approximate surface area is 115 Å². The fourth-order valence-corrected chi connectivity index (χ4v) is 1.47. The van der Waals surface area contributed by atoms with E-state index in [1.165, 1.54) is 12.1 Å². The summed E-state index contributed by atoms with van der Waals surface area (Å²) >= 11 is 0. The van der Waals surface area contributed by atoms with Crippen molar-refractivity contribution >= 4 is 5.96 Å². The molecule has 0 unspecified atom stereocenters. The number of aliphatic imine (C=N–C) groups is 1. The van der Waals surface area contributed by atoms with Crippen LogP contribution >= 0.6 is 0 Å². The van der Waals surface area contributed by atoms with Crippen molar-refractivity contribution in [3.05, 3.63) is 35.6 Å². The van der Waals surface area contributed by atoms with Crippen LogP contribution in [0.5, 0.6) is 0 Å². The molecular formula is C13H17F4N3. The average Bonchev–Trinajstić information content (AvgIpc) is 2.34. The standard InChI is InChI=1S/C13H17F4N3/c1-2-18-12(19-7-6-13(15,16)17)20-9-10-4-3-5-11(14)8-10/h3-5,8H,2,6-7,9H2,1H3,(H2,18,19,20). The fourth-order valence-electron chi connectivity index (χ4n) is 1.47. The minimum absolute atomic E-state index is 0.194. The van der Waals surface area contributed by atoms with E-state index in [0.717, 1.165) is 0 Å². The van der Waals surface area contributed by atoms with Crippen molar-refractivity contribution in [2.24, 2.45) is 4.99 Å². The van der Waals surface area contributed by atoms with Gasteiger partial charge in [-0.15, -0.1) is 0 Å². The van der Waals surface area contributed by atoms with E-state index in [0.29, 0.717) is 12.1 Å². The zero-order valence-electron chi connectivity index (χ0n) is 11.1. The third kappa shape index (κ3) is 6.96. The summed E-state index contributed by atoms with van der Waals surface area (Å²) in [6.45, 7) is 2.28. The molecule has 1 rings (SSSR count). The highest BCUT2D eigenvalue weighted by atomic mass is 19.4. The molecule has 0 fully saturated rings. The van der Waals surface area contributed by atoms with Crippen LogP contribution in [0.3, 0.4) is 0 Å². The maximum Gasteiger partial charge on any atom is 0.390 e. The van der Waals surface area contributed by atoms with E-state index < -0.39 is 12.6 Å². The molecule has 112 valence electrons. The Morgan fingerprint density at radius 2 is 2.00 bits per heavy atom. The van der Waals surface area contributed by atoms with Crippen molar-refractivity contribution in [2.75, 3.05) is 13.1 Å². The lowest BCUT2D eigenvalue weighted by Gasteiger charge is -2.12. The van der Waals surface area contributed by atoms with Crippen LogP contribution in [0.25, 0.3) is 0 Å². The fraction of sp³-hybridized carbons (Fsp3) is 0.462. The Hall–Kier alpha value is -1.79. The monoisotopic (exact) mass is 291 g/mol. The molecule has 0 aliphatic rings. The van der Waals surface area contributed by atoms with Crippen molar-refractivity contribution in [3.8, 4) is 0 Å². The predicted octanol–water partition coefficient (Wildman–Crippen LogP) is 2.83. The summed E-state index contributed by atoms with van der Waals surface area (Å²) in [4.78, 5) is 4.10. The Bertz CT molecular complexity index is 443. The number of alkyl halides is 3. The first-order chi connectivity index (χ1) is 9.40. The number of guanidine groups is 1. The summed E-state index contributed by atoms with van der Waals surface area (Å²) < 4.78 is 49.1. The minimum atomic E-state index is -4.20. The molecule has 0 saturated heterocycles. The van der Waals surface area contributed by atoms with Gasteiger partial charge in [0.05, 0.1) is 13.0 Å².